The van der Waals surface area contributed by atoms with Crippen LogP contribution in [0.4, 0.5) is 0 Å². The summed E-state index contributed by atoms with van der Waals surface area (Å²) in [7, 11) is 0. The van der Waals surface area contributed by atoms with Crippen LogP contribution in [0.3, 0.4) is 0 Å². The van der Waals surface area contributed by atoms with Crippen molar-refractivity contribution in [1.82, 2.24) is 4.90 Å². The van der Waals surface area contributed by atoms with E-state index in [9.17, 15) is 14.7 Å². The first-order valence-corrected chi connectivity index (χ1v) is 17.3. The molecule has 0 aliphatic heterocycles. The predicted octanol–water partition coefficient (Wildman–Crippen LogP) is 8.11. The molecule has 0 aromatic rings. The van der Waals surface area contributed by atoms with Crippen molar-refractivity contribution in [3.05, 3.63) is 0 Å². The molecular weight excluding hydrogens is 581 g/mol. The van der Waals surface area contributed by atoms with Crippen LogP contribution in [0.1, 0.15) is 137 Å². The monoisotopic (exact) mass is 643 g/mol. The number of unbranched alkanes of at least 4 members (excludes halogenated alkanes) is 8. The zero-order valence-corrected chi connectivity index (χ0v) is 27.5. The highest BCUT2D eigenvalue weighted by Gasteiger charge is 2.11. The zero-order chi connectivity index (χ0) is 28.6. The number of esters is 2. The number of hydrogen-bond acceptors (Lipinski definition) is 6. The van der Waals surface area contributed by atoms with Crippen molar-refractivity contribution in [2.45, 2.75) is 143 Å². The van der Waals surface area contributed by atoms with Crippen LogP contribution in [0.15, 0.2) is 0 Å². The van der Waals surface area contributed by atoms with Gasteiger partial charge in [-0.2, -0.15) is 0 Å². The van der Waals surface area contributed by atoms with E-state index in [2.05, 4.69) is 48.3 Å². The zero-order valence-electron chi connectivity index (χ0n) is 25.3. The summed E-state index contributed by atoms with van der Waals surface area (Å²) in [6, 6.07) is 0. The molecule has 1 N–H and O–H groups in total. The summed E-state index contributed by atoms with van der Waals surface area (Å²) in [6.07, 6.45) is 15.7. The van der Waals surface area contributed by atoms with Crippen LogP contribution in [0.25, 0.3) is 0 Å². The van der Waals surface area contributed by atoms with Crippen LogP contribution in [-0.2, 0) is 19.1 Å². The van der Waals surface area contributed by atoms with Crippen LogP contribution in [0.5, 0.6) is 0 Å². The standard InChI is InChI=1S/C27H53NO5.C2H6.CH3I/c1-4-7-8-12-15-24-32-26(30)19-16-21-28(22-23-29)20-14-11-9-10-13-18-27(31)33-25(6-3)17-5-2;2*1-2/h25,29H,4-24H2,1-3H3;1-2H3;1H3. The molecule has 0 heterocycles. The van der Waals surface area contributed by atoms with E-state index in [0.29, 0.717) is 26.0 Å². The van der Waals surface area contributed by atoms with Gasteiger partial charge >= 0.3 is 11.9 Å². The minimum Gasteiger partial charge on any atom is -0.466 e. The molecule has 0 aliphatic rings. The lowest BCUT2D eigenvalue weighted by molar-refractivity contribution is -0.149. The second-order valence-electron chi connectivity index (χ2n) is 9.13. The number of ether oxygens (including phenoxy) is 2. The molecule has 224 valence electrons. The van der Waals surface area contributed by atoms with Crippen molar-refractivity contribution in [3.8, 4) is 0 Å². The molecule has 1 atom stereocenters. The Balaban J connectivity index is -0.00000274. The Labute approximate surface area is 244 Å². The second kappa shape index (κ2) is 35.6. The van der Waals surface area contributed by atoms with Gasteiger partial charge in [0.15, 0.2) is 0 Å². The number of alkyl halides is 1. The Hall–Kier alpha value is -0.410. The third-order valence-corrected chi connectivity index (χ3v) is 6.00. The molecule has 6 nitrogen and oxygen atoms in total. The minimum absolute atomic E-state index is 0.0561. The molecule has 0 spiro atoms. The molecule has 0 rings (SSSR count). The number of aliphatic hydroxyl groups excluding tert-OH is 1. The van der Waals surface area contributed by atoms with E-state index in [0.717, 1.165) is 83.7 Å². The first kappa shape index (κ1) is 41.1. The number of rotatable bonds is 24. The predicted molar refractivity (Wildman–Crippen MR) is 167 cm³/mol. The summed E-state index contributed by atoms with van der Waals surface area (Å²) >= 11 is 2.15. The van der Waals surface area contributed by atoms with Crippen LogP contribution in [0.2, 0.25) is 0 Å². The van der Waals surface area contributed by atoms with Gasteiger partial charge in [-0.15, -0.1) is 0 Å². The highest BCUT2D eigenvalue weighted by Crippen LogP contribution is 2.11. The van der Waals surface area contributed by atoms with Crippen LogP contribution in [-0.4, -0.2) is 65.8 Å². The maximum absolute atomic E-state index is 11.9. The summed E-state index contributed by atoms with van der Waals surface area (Å²) in [5.74, 6) is -0.160. The fraction of sp³-hybridized carbons (Fsp3) is 0.933. The number of hydrogen-bond donors (Lipinski definition) is 1. The Morgan fingerprint density at radius 1 is 0.730 bits per heavy atom. The van der Waals surface area contributed by atoms with Gasteiger partial charge in [0, 0.05) is 19.4 Å². The third kappa shape index (κ3) is 31.7. The van der Waals surface area contributed by atoms with Gasteiger partial charge in [-0.1, -0.05) is 109 Å². The Morgan fingerprint density at radius 2 is 1.30 bits per heavy atom. The number of carbonyl (C=O) groups excluding carboxylic acids is 2. The van der Waals surface area contributed by atoms with E-state index in [1.165, 1.54) is 19.3 Å². The van der Waals surface area contributed by atoms with Crippen molar-refractivity contribution < 1.29 is 24.2 Å². The lowest BCUT2D eigenvalue weighted by atomic mass is 10.1. The largest absolute Gasteiger partial charge is 0.466 e. The summed E-state index contributed by atoms with van der Waals surface area (Å²) in [6.45, 7) is 13.4. The molecule has 0 saturated heterocycles. The van der Waals surface area contributed by atoms with Crippen LogP contribution < -0.4 is 0 Å². The normalized spacial score (nSPS) is 11.2. The van der Waals surface area contributed by atoms with E-state index in [1.54, 1.807) is 0 Å². The fourth-order valence-corrected chi connectivity index (χ4v) is 3.94. The molecule has 0 radical (unpaired) electrons. The minimum atomic E-state index is -0.104. The summed E-state index contributed by atoms with van der Waals surface area (Å²) in [5.41, 5.74) is 0. The van der Waals surface area contributed by atoms with E-state index in [-0.39, 0.29) is 24.6 Å². The molecule has 0 aliphatic carbocycles. The number of nitrogens with zero attached hydrogens (tertiary/aromatic N) is 1. The average molecular weight is 644 g/mol. The molecule has 7 heteroatoms. The van der Waals surface area contributed by atoms with Gasteiger partial charge in [-0.05, 0) is 56.5 Å². The molecule has 1 unspecified atom stereocenters. The van der Waals surface area contributed by atoms with Crippen molar-refractivity contribution in [2.75, 3.05) is 37.8 Å². The molecule has 0 fully saturated rings. The molecular formula is C30H62INO5. The van der Waals surface area contributed by atoms with Gasteiger partial charge in [0.1, 0.15) is 6.10 Å². The van der Waals surface area contributed by atoms with E-state index in [4.69, 9.17) is 9.47 Å². The highest BCUT2D eigenvalue weighted by molar-refractivity contribution is 14.1. The third-order valence-electron chi connectivity index (χ3n) is 6.00. The maximum atomic E-state index is 11.9. The number of carbonyl (C=O) groups is 2. The average Bonchev–Trinajstić information content (AvgIpc) is 2.92. The molecule has 37 heavy (non-hydrogen) atoms. The topological polar surface area (TPSA) is 76.1 Å². The van der Waals surface area contributed by atoms with Crippen molar-refractivity contribution in [3.63, 3.8) is 0 Å². The van der Waals surface area contributed by atoms with E-state index in [1.807, 2.05) is 18.8 Å². The van der Waals surface area contributed by atoms with Gasteiger partial charge in [0.2, 0.25) is 0 Å². The smallest absolute Gasteiger partial charge is 0.306 e. The van der Waals surface area contributed by atoms with Gasteiger partial charge in [0.25, 0.3) is 0 Å². The molecule has 0 bridgehead atoms. The quantitative estimate of drug-likeness (QED) is 0.0496. The summed E-state index contributed by atoms with van der Waals surface area (Å²) in [4.78, 5) is 28.0. The summed E-state index contributed by atoms with van der Waals surface area (Å²) in [5, 5.41) is 9.31. The van der Waals surface area contributed by atoms with Gasteiger partial charge in [0.05, 0.1) is 13.2 Å². The fourth-order valence-electron chi connectivity index (χ4n) is 3.94. The molecule has 0 aromatic carbocycles. The lowest BCUT2D eigenvalue weighted by Crippen LogP contribution is -2.29. The van der Waals surface area contributed by atoms with Crippen LogP contribution >= 0.6 is 22.6 Å². The Morgan fingerprint density at radius 3 is 1.92 bits per heavy atom. The first-order chi connectivity index (χ1) is 18.1. The van der Waals surface area contributed by atoms with E-state index < -0.39 is 0 Å². The van der Waals surface area contributed by atoms with Gasteiger partial charge in [-0.25, -0.2) is 0 Å². The lowest BCUT2D eigenvalue weighted by Gasteiger charge is -2.21. The molecule has 0 amide bonds. The SMILES string of the molecule is CC.CCCCCCCOC(=O)CCCN(CCO)CCCCCCCC(=O)OC(CC)CCC.CI. The highest BCUT2D eigenvalue weighted by atomic mass is 127. The van der Waals surface area contributed by atoms with Gasteiger partial charge < -0.3 is 19.5 Å². The number of halogens is 1. The number of aliphatic hydroxyl groups is 1. The molecule has 0 saturated carbocycles. The van der Waals surface area contributed by atoms with Crippen LogP contribution in [0, 0.1) is 0 Å². The Kier molecular flexibility index (Phi) is 39.5. The second-order valence-corrected chi connectivity index (χ2v) is 9.13. The maximum Gasteiger partial charge on any atom is 0.306 e. The molecule has 0 aromatic heterocycles. The van der Waals surface area contributed by atoms with Crippen molar-refractivity contribution >= 4 is 34.5 Å². The van der Waals surface area contributed by atoms with Gasteiger partial charge in [-0.3, -0.25) is 9.59 Å². The Bertz CT molecular complexity index is 465. The van der Waals surface area contributed by atoms with Crippen molar-refractivity contribution in [1.29, 1.82) is 0 Å². The first-order valence-electron chi connectivity index (χ1n) is 15.1. The van der Waals surface area contributed by atoms with E-state index >= 15 is 0 Å². The van der Waals surface area contributed by atoms with Crippen molar-refractivity contribution in [2.24, 2.45) is 0 Å². The summed E-state index contributed by atoms with van der Waals surface area (Å²) < 4.78 is 10.8.